The average Bonchev–Trinajstić information content (AvgIpc) is 2.28. The van der Waals surface area contributed by atoms with E-state index in [1.54, 1.807) is 11.8 Å². The van der Waals surface area contributed by atoms with Gasteiger partial charge in [0.25, 0.3) is 0 Å². The topological polar surface area (TPSA) is 72.9 Å². The lowest BCUT2D eigenvalue weighted by Gasteiger charge is -2.33. The number of carboxylic acid groups (broad SMARTS) is 1. The Labute approximate surface area is 114 Å². The summed E-state index contributed by atoms with van der Waals surface area (Å²) in [4.78, 5) is 26.7. The minimum absolute atomic E-state index is 0.0220. The van der Waals surface area contributed by atoms with Crippen LogP contribution in [0.2, 0.25) is 0 Å². The van der Waals surface area contributed by atoms with Crippen LogP contribution in [0.4, 0.5) is 4.79 Å². The zero-order chi connectivity index (χ0) is 14.4. The SMILES string of the molecule is CCN(C(=O)NC1CCCN(C)C1)C(C)CC(=O)O. The quantitative estimate of drug-likeness (QED) is 0.781. The van der Waals surface area contributed by atoms with Gasteiger partial charge in [0.05, 0.1) is 6.42 Å². The lowest BCUT2D eigenvalue weighted by Crippen LogP contribution is -2.52. The van der Waals surface area contributed by atoms with Gasteiger partial charge in [-0.15, -0.1) is 0 Å². The fourth-order valence-corrected chi connectivity index (χ4v) is 2.56. The number of amides is 2. The number of piperidine rings is 1. The summed E-state index contributed by atoms with van der Waals surface area (Å²) in [6.07, 6.45) is 2.05. The van der Waals surface area contributed by atoms with Crippen molar-refractivity contribution in [2.24, 2.45) is 0 Å². The van der Waals surface area contributed by atoms with Gasteiger partial charge >= 0.3 is 12.0 Å². The first-order chi connectivity index (χ1) is 8.93. The maximum Gasteiger partial charge on any atom is 0.317 e. The van der Waals surface area contributed by atoms with Gasteiger partial charge in [0.2, 0.25) is 0 Å². The standard InChI is InChI=1S/C13H25N3O3/c1-4-16(10(2)8-12(17)18)13(19)14-11-6-5-7-15(3)9-11/h10-11H,4-9H2,1-3H3,(H,14,19)(H,17,18). The van der Waals surface area contributed by atoms with Crippen LogP contribution >= 0.6 is 0 Å². The molecule has 1 aliphatic rings. The Morgan fingerprint density at radius 2 is 2.21 bits per heavy atom. The molecule has 2 amide bonds. The zero-order valence-corrected chi connectivity index (χ0v) is 12.1. The van der Waals surface area contributed by atoms with Gasteiger partial charge in [-0.05, 0) is 40.3 Å². The Kier molecular flexibility index (Phi) is 6.08. The Morgan fingerprint density at radius 3 is 2.74 bits per heavy atom. The molecule has 0 bridgehead atoms. The number of likely N-dealkylation sites (tertiary alicyclic amines) is 1. The van der Waals surface area contributed by atoms with E-state index < -0.39 is 5.97 Å². The minimum Gasteiger partial charge on any atom is -0.481 e. The normalized spacial score (nSPS) is 21.7. The predicted octanol–water partition coefficient (Wildman–Crippen LogP) is 0.975. The molecule has 6 nitrogen and oxygen atoms in total. The summed E-state index contributed by atoms with van der Waals surface area (Å²) < 4.78 is 0. The molecule has 2 N–H and O–H groups in total. The van der Waals surface area contributed by atoms with Gasteiger partial charge < -0.3 is 20.2 Å². The van der Waals surface area contributed by atoms with Crippen LogP contribution < -0.4 is 5.32 Å². The molecule has 0 aromatic carbocycles. The summed E-state index contributed by atoms with van der Waals surface area (Å²) in [6.45, 7) is 6.08. The van der Waals surface area contributed by atoms with Gasteiger partial charge in [0.1, 0.15) is 0 Å². The van der Waals surface area contributed by atoms with Crippen molar-refractivity contribution in [3.63, 3.8) is 0 Å². The van der Waals surface area contributed by atoms with E-state index >= 15 is 0 Å². The average molecular weight is 271 g/mol. The molecule has 0 spiro atoms. The highest BCUT2D eigenvalue weighted by molar-refractivity contribution is 5.76. The molecule has 2 unspecified atom stereocenters. The fraction of sp³-hybridized carbons (Fsp3) is 0.846. The van der Waals surface area contributed by atoms with Gasteiger partial charge in [0.15, 0.2) is 0 Å². The molecule has 1 fully saturated rings. The number of hydrogen-bond acceptors (Lipinski definition) is 3. The Bertz CT molecular complexity index is 322. The Hall–Kier alpha value is -1.30. The largest absolute Gasteiger partial charge is 0.481 e. The van der Waals surface area contributed by atoms with E-state index in [0.29, 0.717) is 6.54 Å². The van der Waals surface area contributed by atoms with Crippen LogP contribution in [0.25, 0.3) is 0 Å². The first-order valence-corrected chi connectivity index (χ1v) is 6.91. The van der Waals surface area contributed by atoms with Crippen LogP contribution in [0.3, 0.4) is 0 Å². The molecule has 2 atom stereocenters. The van der Waals surface area contributed by atoms with Crippen molar-refractivity contribution in [3.8, 4) is 0 Å². The van der Waals surface area contributed by atoms with E-state index in [4.69, 9.17) is 5.11 Å². The molecule has 1 saturated heterocycles. The summed E-state index contributed by atoms with van der Waals surface area (Å²) in [5, 5.41) is 11.8. The second kappa shape index (κ2) is 7.33. The highest BCUT2D eigenvalue weighted by atomic mass is 16.4. The minimum atomic E-state index is -0.879. The van der Waals surface area contributed by atoms with Crippen LogP contribution in [0.5, 0.6) is 0 Å². The highest BCUT2D eigenvalue weighted by Gasteiger charge is 2.24. The maximum absolute atomic E-state index is 12.2. The molecule has 0 aromatic heterocycles. The number of carbonyl (C=O) groups excluding carboxylic acids is 1. The monoisotopic (exact) mass is 271 g/mol. The lowest BCUT2D eigenvalue weighted by molar-refractivity contribution is -0.138. The van der Waals surface area contributed by atoms with Gasteiger partial charge in [-0.25, -0.2) is 4.79 Å². The summed E-state index contributed by atoms with van der Waals surface area (Å²) in [7, 11) is 2.04. The number of likely N-dealkylation sites (N-methyl/N-ethyl adjacent to an activating group) is 1. The summed E-state index contributed by atoms with van der Waals surface area (Å²) >= 11 is 0. The molecular formula is C13H25N3O3. The first kappa shape index (κ1) is 15.8. The summed E-state index contributed by atoms with van der Waals surface area (Å²) in [5.74, 6) is -0.879. The number of nitrogens with one attached hydrogen (secondary N) is 1. The van der Waals surface area contributed by atoms with Crippen LogP contribution in [0.15, 0.2) is 0 Å². The number of rotatable bonds is 5. The van der Waals surface area contributed by atoms with E-state index in [1.165, 1.54) is 0 Å². The van der Waals surface area contributed by atoms with Crippen molar-refractivity contribution < 1.29 is 14.7 Å². The molecule has 0 aliphatic carbocycles. The van der Waals surface area contributed by atoms with Crippen molar-refractivity contribution in [3.05, 3.63) is 0 Å². The van der Waals surface area contributed by atoms with E-state index in [1.807, 2.05) is 14.0 Å². The van der Waals surface area contributed by atoms with Crippen molar-refractivity contribution in [2.45, 2.75) is 45.2 Å². The molecular weight excluding hydrogens is 246 g/mol. The maximum atomic E-state index is 12.2. The highest BCUT2D eigenvalue weighted by Crippen LogP contribution is 2.10. The van der Waals surface area contributed by atoms with Crippen molar-refractivity contribution in [2.75, 3.05) is 26.7 Å². The number of hydrogen-bond donors (Lipinski definition) is 2. The number of nitrogens with zero attached hydrogens (tertiary/aromatic N) is 2. The second-order valence-electron chi connectivity index (χ2n) is 5.28. The van der Waals surface area contributed by atoms with Crippen LogP contribution in [0.1, 0.15) is 33.1 Å². The molecule has 0 radical (unpaired) electrons. The second-order valence-corrected chi connectivity index (χ2v) is 5.28. The molecule has 19 heavy (non-hydrogen) atoms. The summed E-state index contributed by atoms with van der Waals surface area (Å²) in [5.41, 5.74) is 0. The number of urea groups is 1. The van der Waals surface area contributed by atoms with Gasteiger partial charge in [-0.1, -0.05) is 0 Å². The van der Waals surface area contributed by atoms with Crippen LogP contribution in [-0.4, -0.2) is 65.7 Å². The zero-order valence-electron chi connectivity index (χ0n) is 12.1. The third kappa shape index (κ3) is 5.06. The van der Waals surface area contributed by atoms with Crippen LogP contribution in [0, 0.1) is 0 Å². The van der Waals surface area contributed by atoms with E-state index in [-0.39, 0.29) is 24.5 Å². The van der Waals surface area contributed by atoms with Gasteiger partial charge in [-0.3, -0.25) is 4.79 Å². The number of carbonyl (C=O) groups is 2. The third-order valence-corrected chi connectivity index (χ3v) is 3.56. The molecule has 0 saturated carbocycles. The molecule has 1 aliphatic heterocycles. The van der Waals surface area contributed by atoms with Gasteiger partial charge in [-0.2, -0.15) is 0 Å². The van der Waals surface area contributed by atoms with E-state index in [2.05, 4.69) is 10.2 Å². The number of aliphatic carboxylic acids is 1. The summed E-state index contributed by atoms with van der Waals surface area (Å²) in [6, 6.07) is -0.280. The molecule has 1 rings (SSSR count). The van der Waals surface area contributed by atoms with Crippen LogP contribution in [-0.2, 0) is 4.79 Å². The third-order valence-electron chi connectivity index (χ3n) is 3.56. The smallest absolute Gasteiger partial charge is 0.317 e. The van der Waals surface area contributed by atoms with Crippen molar-refractivity contribution in [1.82, 2.24) is 15.1 Å². The molecule has 110 valence electrons. The fourth-order valence-electron chi connectivity index (χ4n) is 2.56. The van der Waals surface area contributed by atoms with Crippen molar-refractivity contribution in [1.29, 1.82) is 0 Å². The van der Waals surface area contributed by atoms with Gasteiger partial charge in [0, 0.05) is 25.2 Å². The predicted molar refractivity (Wildman–Crippen MR) is 73.1 cm³/mol. The molecule has 6 heteroatoms. The number of carboxylic acids is 1. The molecule has 1 heterocycles. The van der Waals surface area contributed by atoms with E-state index in [9.17, 15) is 9.59 Å². The van der Waals surface area contributed by atoms with E-state index in [0.717, 1.165) is 25.9 Å². The molecule has 0 aromatic rings. The Morgan fingerprint density at radius 1 is 1.53 bits per heavy atom. The Balaban J connectivity index is 2.51. The van der Waals surface area contributed by atoms with Crippen molar-refractivity contribution >= 4 is 12.0 Å². The first-order valence-electron chi connectivity index (χ1n) is 6.91. The lowest BCUT2D eigenvalue weighted by atomic mass is 10.1.